The molecule has 1 saturated heterocycles. The first kappa shape index (κ1) is 22.7. The summed E-state index contributed by atoms with van der Waals surface area (Å²) < 4.78 is 20.5. The van der Waals surface area contributed by atoms with E-state index in [4.69, 9.17) is 28.6 Å². The lowest BCUT2D eigenvalue weighted by Crippen LogP contribution is -2.38. The lowest BCUT2D eigenvalue weighted by molar-refractivity contribution is -0.121. The van der Waals surface area contributed by atoms with E-state index in [0.29, 0.717) is 30.9 Å². The number of benzene rings is 2. The number of thiocarbonyl (C=S) groups is 1. The van der Waals surface area contributed by atoms with Crippen LogP contribution in [0.1, 0.15) is 30.5 Å². The van der Waals surface area contributed by atoms with Crippen molar-refractivity contribution in [2.45, 2.75) is 26.0 Å². The molecular formula is C22H18ClFN2O4S2. The normalized spacial score (nSPS) is 17.5. The van der Waals surface area contributed by atoms with Crippen LogP contribution in [0.3, 0.4) is 0 Å². The van der Waals surface area contributed by atoms with Gasteiger partial charge in [0, 0.05) is 5.02 Å². The molecule has 2 aromatic carbocycles. The molecule has 0 saturated carbocycles. The van der Waals surface area contributed by atoms with Crippen LogP contribution in [0, 0.1) is 5.82 Å². The number of ether oxygens (including phenoxy) is 1. The number of amides is 2. The molecule has 2 aliphatic heterocycles. The van der Waals surface area contributed by atoms with Crippen molar-refractivity contribution in [2.24, 2.45) is 0 Å². The molecule has 10 heteroatoms. The Morgan fingerprint density at radius 3 is 2.72 bits per heavy atom. The summed E-state index contributed by atoms with van der Waals surface area (Å²) in [6, 6.07) is 7.90. The van der Waals surface area contributed by atoms with Crippen molar-refractivity contribution in [1.29, 1.82) is 0 Å². The molecule has 4 rings (SSSR count). The highest BCUT2D eigenvalue weighted by molar-refractivity contribution is 8.26. The fraction of sp³-hybridized carbons (Fsp3) is 0.227. The van der Waals surface area contributed by atoms with Crippen LogP contribution < -0.4 is 15.0 Å². The van der Waals surface area contributed by atoms with E-state index >= 15 is 0 Å². The molecule has 1 fully saturated rings. The van der Waals surface area contributed by atoms with Gasteiger partial charge >= 0.3 is 0 Å². The SMILES string of the molecule is CC(C)(O)c1cc(Cl)cc(CN2C(=O)COc3c(F)cc(C=C4SC(=S)NC4=O)cc32)c1. The molecule has 166 valence electrons. The Bertz CT molecular complexity index is 1190. The summed E-state index contributed by atoms with van der Waals surface area (Å²) in [7, 11) is 0. The number of hydrogen-bond acceptors (Lipinski definition) is 6. The van der Waals surface area contributed by atoms with Crippen LogP contribution in [0.5, 0.6) is 5.75 Å². The molecule has 0 aliphatic carbocycles. The van der Waals surface area contributed by atoms with Gasteiger partial charge in [-0.3, -0.25) is 9.59 Å². The highest BCUT2D eigenvalue weighted by Crippen LogP contribution is 2.38. The maximum Gasteiger partial charge on any atom is 0.265 e. The van der Waals surface area contributed by atoms with Crippen molar-refractivity contribution in [1.82, 2.24) is 5.32 Å². The zero-order valence-electron chi connectivity index (χ0n) is 17.1. The van der Waals surface area contributed by atoms with Crippen molar-refractivity contribution < 1.29 is 23.8 Å². The van der Waals surface area contributed by atoms with E-state index in [2.05, 4.69) is 5.32 Å². The number of nitrogens with zero attached hydrogens (tertiary/aromatic N) is 1. The standard InChI is InChI=1S/C22H18ClFN2O4S2/c1-22(2,29)13-3-12(4-14(23)8-13)9-26-16-6-11(7-17-20(28)25-21(31)32-17)5-15(24)19(16)30-10-18(26)27/h3-8,29H,9-10H2,1-2H3,(H,25,28,31). The summed E-state index contributed by atoms with van der Waals surface area (Å²) in [6.07, 6.45) is 1.51. The first-order valence-electron chi connectivity index (χ1n) is 9.55. The molecule has 32 heavy (non-hydrogen) atoms. The fourth-order valence-corrected chi connectivity index (χ4v) is 4.70. The highest BCUT2D eigenvalue weighted by Gasteiger charge is 2.30. The minimum atomic E-state index is -1.13. The van der Waals surface area contributed by atoms with E-state index in [9.17, 15) is 19.1 Å². The van der Waals surface area contributed by atoms with Gasteiger partial charge in [-0.25, -0.2) is 4.39 Å². The molecule has 0 unspecified atom stereocenters. The van der Waals surface area contributed by atoms with Gasteiger partial charge in [-0.15, -0.1) is 0 Å². The molecule has 0 radical (unpaired) electrons. The third-order valence-corrected chi connectivity index (χ3v) is 6.30. The number of carbonyl (C=O) groups excluding carboxylic acids is 2. The summed E-state index contributed by atoms with van der Waals surface area (Å²) >= 11 is 12.3. The van der Waals surface area contributed by atoms with Crippen LogP contribution in [0.25, 0.3) is 6.08 Å². The third-order valence-electron chi connectivity index (χ3n) is 4.92. The predicted molar refractivity (Wildman–Crippen MR) is 126 cm³/mol. The van der Waals surface area contributed by atoms with Crippen molar-refractivity contribution in [3.63, 3.8) is 0 Å². The van der Waals surface area contributed by atoms with E-state index in [1.54, 1.807) is 38.1 Å². The number of halogens is 2. The van der Waals surface area contributed by atoms with Crippen molar-refractivity contribution in [3.8, 4) is 5.75 Å². The van der Waals surface area contributed by atoms with E-state index in [-0.39, 0.29) is 36.4 Å². The average molecular weight is 493 g/mol. The second-order valence-corrected chi connectivity index (χ2v) is 10.0. The van der Waals surface area contributed by atoms with Gasteiger partial charge in [-0.05, 0) is 60.9 Å². The Labute approximate surface area is 198 Å². The first-order valence-corrected chi connectivity index (χ1v) is 11.2. The van der Waals surface area contributed by atoms with Gasteiger partial charge in [-0.2, -0.15) is 0 Å². The van der Waals surface area contributed by atoms with Crippen LogP contribution >= 0.6 is 35.6 Å². The molecule has 0 atom stereocenters. The van der Waals surface area contributed by atoms with Gasteiger partial charge in [0.25, 0.3) is 11.8 Å². The van der Waals surface area contributed by atoms with Gasteiger partial charge in [0.2, 0.25) is 0 Å². The van der Waals surface area contributed by atoms with Crippen molar-refractivity contribution in [2.75, 3.05) is 11.5 Å². The van der Waals surface area contributed by atoms with Crippen LogP contribution in [0.15, 0.2) is 35.2 Å². The molecule has 2 amide bonds. The minimum Gasteiger partial charge on any atom is -0.478 e. The smallest absolute Gasteiger partial charge is 0.265 e. The van der Waals surface area contributed by atoms with Crippen molar-refractivity contribution in [3.05, 3.63) is 62.8 Å². The summed E-state index contributed by atoms with van der Waals surface area (Å²) in [6.45, 7) is 3.05. The Morgan fingerprint density at radius 2 is 2.06 bits per heavy atom. The van der Waals surface area contributed by atoms with Crippen LogP contribution in [0.4, 0.5) is 10.1 Å². The zero-order chi connectivity index (χ0) is 23.2. The van der Waals surface area contributed by atoms with Crippen LogP contribution in [0.2, 0.25) is 5.02 Å². The summed E-state index contributed by atoms with van der Waals surface area (Å²) in [5, 5.41) is 13.3. The molecule has 2 heterocycles. The highest BCUT2D eigenvalue weighted by atomic mass is 35.5. The number of fused-ring (bicyclic) bond motifs is 1. The molecule has 6 nitrogen and oxygen atoms in total. The zero-order valence-corrected chi connectivity index (χ0v) is 19.5. The van der Waals surface area contributed by atoms with Gasteiger partial charge in [-0.1, -0.05) is 41.6 Å². The average Bonchev–Trinajstić information content (AvgIpc) is 3.00. The van der Waals surface area contributed by atoms with Gasteiger partial charge in [0.15, 0.2) is 18.2 Å². The van der Waals surface area contributed by atoms with E-state index in [0.717, 1.165) is 11.8 Å². The maximum atomic E-state index is 14.8. The van der Waals surface area contributed by atoms with E-state index < -0.39 is 11.4 Å². The quantitative estimate of drug-likeness (QED) is 0.494. The lowest BCUT2D eigenvalue weighted by atomic mass is 9.96. The molecular weight excluding hydrogens is 475 g/mol. The number of thioether (sulfide) groups is 1. The van der Waals surface area contributed by atoms with Crippen LogP contribution in [-0.4, -0.2) is 27.8 Å². The largest absolute Gasteiger partial charge is 0.478 e. The van der Waals surface area contributed by atoms with E-state index in [1.165, 1.54) is 17.0 Å². The van der Waals surface area contributed by atoms with E-state index in [1.807, 2.05) is 0 Å². The molecule has 2 aromatic rings. The molecule has 0 aromatic heterocycles. The number of carbonyl (C=O) groups is 2. The lowest BCUT2D eigenvalue weighted by Gasteiger charge is -2.30. The summed E-state index contributed by atoms with van der Waals surface area (Å²) in [5.41, 5.74) is 0.749. The summed E-state index contributed by atoms with van der Waals surface area (Å²) in [4.78, 5) is 26.4. The predicted octanol–water partition coefficient (Wildman–Crippen LogP) is 4.12. The number of anilines is 1. The first-order chi connectivity index (χ1) is 15.0. The van der Waals surface area contributed by atoms with Gasteiger partial charge in [0.1, 0.15) is 4.32 Å². The maximum absolute atomic E-state index is 14.8. The monoisotopic (exact) mass is 492 g/mol. The number of rotatable bonds is 4. The van der Waals surface area contributed by atoms with Gasteiger partial charge in [0.05, 0.1) is 22.7 Å². The Kier molecular flexibility index (Phi) is 6.02. The Morgan fingerprint density at radius 1 is 1.31 bits per heavy atom. The van der Waals surface area contributed by atoms with Crippen LogP contribution in [-0.2, 0) is 21.7 Å². The molecule has 2 aliphatic rings. The molecule has 0 spiro atoms. The fourth-order valence-electron chi connectivity index (χ4n) is 3.40. The second-order valence-electron chi connectivity index (χ2n) is 7.88. The number of aliphatic hydroxyl groups is 1. The Balaban J connectivity index is 1.74. The molecule has 2 N–H and O–H groups in total. The second kappa shape index (κ2) is 8.47. The Hall–Kier alpha value is -2.46. The number of hydrogen-bond donors (Lipinski definition) is 2. The number of nitrogens with one attached hydrogen (secondary N) is 1. The molecule has 0 bridgehead atoms. The minimum absolute atomic E-state index is 0.0458. The van der Waals surface area contributed by atoms with Gasteiger partial charge < -0.3 is 20.1 Å². The summed E-state index contributed by atoms with van der Waals surface area (Å²) in [5.74, 6) is -1.42. The topological polar surface area (TPSA) is 78.9 Å². The van der Waals surface area contributed by atoms with Crippen molar-refractivity contribution >= 4 is 63.5 Å². The third kappa shape index (κ3) is 4.66.